The summed E-state index contributed by atoms with van der Waals surface area (Å²) in [6.45, 7) is 0. The zero-order chi connectivity index (χ0) is 12.3. The predicted molar refractivity (Wildman–Crippen MR) is 72.1 cm³/mol. The van der Waals surface area contributed by atoms with Crippen LogP contribution in [0.5, 0.6) is 5.75 Å². The molecule has 2 heteroatoms. The Balaban J connectivity index is 1.73. The van der Waals surface area contributed by atoms with E-state index in [1.165, 1.54) is 25.7 Å². The van der Waals surface area contributed by atoms with Crippen molar-refractivity contribution in [2.24, 2.45) is 5.92 Å². The highest BCUT2D eigenvalue weighted by Crippen LogP contribution is 2.52. The van der Waals surface area contributed by atoms with Crippen LogP contribution in [0.1, 0.15) is 36.3 Å². The van der Waals surface area contributed by atoms with Gasteiger partial charge in [0.15, 0.2) is 0 Å². The molecule has 1 aromatic carbocycles. The van der Waals surface area contributed by atoms with Gasteiger partial charge in [-0.3, -0.25) is 0 Å². The van der Waals surface area contributed by atoms with Crippen molar-refractivity contribution in [2.45, 2.75) is 43.7 Å². The maximum Gasteiger partial charge on any atom is 0.119 e. The van der Waals surface area contributed by atoms with Gasteiger partial charge in [0.2, 0.25) is 0 Å². The summed E-state index contributed by atoms with van der Waals surface area (Å²) in [6, 6.07) is 8.39. The first-order valence-corrected chi connectivity index (χ1v) is 7.16. The number of hydrogen-bond acceptors (Lipinski definition) is 2. The van der Waals surface area contributed by atoms with Crippen LogP contribution in [0.4, 0.5) is 0 Å². The van der Waals surface area contributed by atoms with Gasteiger partial charge in [0.25, 0.3) is 0 Å². The number of nitrogens with zero attached hydrogens (tertiary/aromatic N) is 1. The molecule has 2 nitrogen and oxygen atoms in total. The van der Waals surface area contributed by atoms with E-state index >= 15 is 0 Å². The van der Waals surface area contributed by atoms with Gasteiger partial charge in [-0.1, -0.05) is 6.07 Å². The van der Waals surface area contributed by atoms with E-state index in [0.717, 1.165) is 29.7 Å². The Labute approximate surface area is 109 Å². The molecule has 2 heterocycles. The average Bonchev–Trinajstić information content (AvgIpc) is 2.86. The molecule has 0 unspecified atom stereocenters. The van der Waals surface area contributed by atoms with Gasteiger partial charge in [-0.15, -0.1) is 0 Å². The Bertz CT molecular complexity index is 484. The van der Waals surface area contributed by atoms with E-state index in [4.69, 9.17) is 4.74 Å². The van der Waals surface area contributed by atoms with E-state index in [1.54, 1.807) is 18.2 Å². The lowest BCUT2D eigenvalue weighted by molar-refractivity contribution is 0.109. The zero-order valence-electron chi connectivity index (χ0n) is 11.2. The summed E-state index contributed by atoms with van der Waals surface area (Å²) in [6.07, 6.45) is 5.46. The van der Waals surface area contributed by atoms with Crippen molar-refractivity contribution in [3.05, 3.63) is 29.3 Å². The second kappa shape index (κ2) is 3.74. The van der Waals surface area contributed by atoms with Gasteiger partial charge in [0.1, 0.15) is 5.75 Å². The number of fused-ring (bicyclic) bond motifs is 6. The third kappa shape index (κ3) is 1.33. The molecule has 2 bridgehead atoms. The minimum Gasteiger partial charge on any atom is -0.497 e. The first kappa shape index (κ1) is 10.9. The van der Waals surface area contributed by atoms with E-state index in [2.05, 4.69) is 30.1 Å². The van der Waals surface area contributed by atoms with Crippen LogP contribution in [0.3, 0.4) is 0 Å². The van der Waals surface area contributed by atoms with Gasteiger partial charge in [0, 0.05) is 12.1 Å². The maximum absolute atomic E-state index is 5.37. The molecule has 3 aliphatic rings. The lowest BCUT2D eigenvalue weighted by Gasteiger charge is -2.40. The monoisotopic (exact) mass is 243 g/mol. The highest BCUT2D eigenvalue weighted by molar-refractivity contribution is 5.43. The molecule has 2 fully saturated rings. The molecule has 2 aliphatic heterocycles. The zero-order valence-corrected chi connectivity index (χ0v) is 11.2. The Morgan fingerprint density at radius 1 is 1.28 bits per heavy atom. The van der Waals surface area contributed by atoms with E-state index < -0.39 is 0 Å². The van der Waals surface area contributed by atoms with E-state index in [-0.39, 0.29) is 0 Å². The molecule has 4 rings (SSSR count). The average molecular weight is 243 g/mol. The minimum atomic E-state index is 0.819. The fraction of sp³-hybridized carbons (Fsp3) is 0.625. The van der Waals surface area contributed by atoms with Crippen molar-refractivity contribution >= 4 is 0 Å². The molecule has 0 saturated carbocycles. The van der Waals surface area contributed by atoms with Gasteiger partial charge >= 0.3 is 0 Å². The molecule has 0 aromatic heterocycles. The molecule has 4 atom stereocenters. The Kier molecular flexibility index (Phi) is 2.25. The van der Waals surface area contributed by atoms with E-state index in [0.29, 0.717) is 0 Å². The van der Waals surface area contributed by atoms with Gasteiger partial charge in [-0.05, 0) is 67.8 Å². The van der Waals surface area contributed by atoms with Crippen LogP contribution in [0.2, 0.25) is 0 Å². The Morgan fingerprint density at radius 2 is 2.17 bits per heavy atom. The van der Waals surface area contributed by atoms with E-state index in [1.807, 2.05) is 0 Å². The Hall–Kier alpha value is -1.02. The highest BCUT2D eigenvalue weighted by atomic mass is 16.5. The van der Waals surface area contributed by atoms with Crippen LogP contribution < -0.4 is 4.74 Å². The normalized spacial score (nSPS) is 37.4. The number of methoxy groups -OCH3 is 1. The second-order valence-corrected chi connectivity index (χ2v) is 6.24. The highest BCUT2D eigenvalue weighted by Gasteiger charge is 2.48. The molecule has 0 radical (unpaired) electrons. The van der Waals surface area contributed by atoms with Crippen molar-refractivity contribution in [3.63, 3.8) is 0 Å². The second-order valence-electron chi connectivity index (χ2n) is 6.24. The van der Waals surface area contributed by atoms with Gasteiger partial charge in [0.05, 0.1) is 7.11 Å². The van der Waals surface area contributed by atoms with Crippen molar-refractivity contribution in [1.29, 1.82) is 0 Å². The van der Waals surface area contributed by atoms with Crippen molar-refractivity contribution in [3.8, 4) is 5.75 Å². The summed E-state index contributed by atoms with van der Waals surface area (Å²) in [5, 5.41) is 0. The molecule has 0 amide bonds. The molecular formula is C16H21NO. The van der Waals surface area contributed by atoms with Crippen LogP contribution in [0.15, 0.2) is 18.2 Å². The number of rotatable bonds is 1. The fourth-order valence-electron chi connectivity index (χ4n) is 4.71. The number of piperidine rings is 1. The molecular weight excluding hydrogens is 222 g/mol. The van der Waals surface area contributed by atoms with Crippen molar-refractivity contribution in [1.82, 2.24) is 4.90 Å². The van der Waals surface area contributed by atoms with Crippen LogP contribution in [-0.4, -0.2) is 31.1 Å². The molecule has 1 aromatic rings. The quantitative estimate of drug-likeness (QED) is 0.752. The smallest absolute Gasteiger partial charge is 0.119 e. The van der Waals surface area contributed by atoms with Crippen LogP contribution in [-0.2, 0) is 6.42 Å². The lowest BCUT2D eigenvalue weighted by atomic mass is 9.81. The summed E-state index contributed by atoms with van der Waals surface area (Å²) in [5.41, 5.74) is 3.16. The predicted octanol–water partition coefficient (Wildman–Crippen LogP) is 2.82. The molecule has 0 spiro atoms. The van der Waals surface area contributed by atoms with Gasteiger partial charge in [-0.2, -0.15) is 0 Å². The summed E-state index contributed by atoms with van der Waals surface area (Å²) in [4.78, 5) is 2.66. The fourth-order valence-corrected chi connectivity index (χ4v) is 4.71. The summed E-state index contributed by atoms with van der Waals surface area (Å²) >= 11 is 0. The molecule has 1 aliphatic carbocycles. The molecule has 2 saturated heterocycles. The summed E-state index contributed by atoms with van der Waals surface area (Å²) in [5.74, 6) is 2.70. The topological polar surface area (TPSA) is 12.5 Å². The van der Waals surface area contributed by atoms with Gasteiger partial charge in [-0.25, -0.2) is 0 Å². The van der Waals surface area contributed by atoms with Crippen LogP contribution >= 0.6 is 0 Å². The first-order valence-electron chi connectivity index (χ1n) is 7.16. The van der Waals surface area contributed by atoms with Crippen molar-refractivity contribution < 1.29 is 4.74 Å². The van der Waals surface area contributed by atoms with Crippen LogP contribution in [0.25, 0.3) is 0 Å². The Morgan fingerprint density at radius 3 is 3.00 bits per heavy atom. The number of ether oxygens (including phenoxy) is 1. The summed E-state index contributed by atoms with van der Waals surface area (Å²) in [7, 11) is 4.10. The van der Waals surface area contributed by atoms with E-state index in [9.17, 15) is 0 Å². The largest absolute Gasteiger partial charge is 0.497 e. The summed E-state index contributed by atoms with van der Waals surface area (Å²) < 4.78 is 5.37. The molecule has 96 valence electrons. The minimum absolute atomic E-state index is 0.819. The lowest BCUT2D eigenvalue weighted by Crippen LogP contribution is -2.44. The number of hydrogen-bond donors (Lipinski definition) is 0. The number of benzene rings is 1. The first-order chi connectivity index (χ1) is 8.78. The molecule has 18 heavy (non-hydrogen) atoms. The standard InChI is InChI=1S/C16H21NO/c1-17-11-3-6-16(17)15-8-10-7-12(18-2)4-5-13(10)14(15)9-11/h4-5,7,11,14-16H,3,6,8-9H2,1-2H3/t11-,14+,15-,16+/m0/s1. The maximum atomic E-state index is 5.37. The van der Waals surface area contributed by atoms with Crippen molar-refractivity contribution in [2.75, 3.05) is 14.2 Å². The third-order valence-electron chi connectivity index (χ3n) is 5.64. The van der Waals surface area contributed by atoms with Crippen LogP contribution in [0, 0.1) is 5.92 Å². The third-order valence-corrected chi connectivity index (χ3v) is 5.64. The van der Waals surface area contributed by atoms with Gasteiger partial charge < -0.3 is 9.64 Å². The molecule has 0 N–H and O–H groups in total. The SMILES string of the molecule is COc1ccc2c(c1)C[C@H]1[C@@H]2C[C@@H]2CC[C@H]1N2C.